The molecule has 1 aromatic heterocycles. The fourth-order valence-electron chi connectivity index (χ4n) is 3.23. The number of aromatic nitrogens is 3. The molecule has 0 amide bonds. The minimum absolute atomic E-state index is 0.201. The number of nitrogens with one attached hydrogen (secondary N) is 3. The molecule has 1 aliphatic heterocycles. The largest absolute Gasteiger partial charge is 0.378 e. The number of nitrogens with two attached hydrogens (primary N) is 1. The Morgan fingerprint density at radius 1 is 0.875 bits per heavy atom. The first-order chi connectivity index (χ1) is 15.8. The Morgan fingerprint density at radius 3 is 2.25 bits per heavy atom. The van der Waals surface area contributed by atoms with Crippen molar-refractivity contribution >= 4 is 17.8 Å². The monoisotopic (exact) mass is 445 g/mol. The molecule has 3 rings (SSSR count). The molecule has 1 fully saturated rings. The molecular weight excluding hydrogens is 410 g/mol. The van der Waals surface area contributed by atoms with E-state index in [1.807, 2.05) is 18.2 Å². The number of ether oxygens (including phenoxy) is 3. The summed E-state index contributed by atoms with van der Waals surface area (Å²) in [5, 5.41) is 9.79. The minimum Gasteiger partial charge on any atom is -0.378 e. The number of anilines is 3. The van der Waals surface area contributed by atoms with Crippen molar-refractivity contribution in [3.05, 3.63) is 35.9 Å². The highest BCUT2D eigenvalue weighted by molar-refractivity contribution is 5.42. The molecule has 1 saturated heterocycles. The summed E-state index contributed by atoms with van der Waals surface area (Å²) in [5.41, 5.74) is 6.65. The van der Waals surface area contributed by atoms with Crippen LogP contribution in [0.4, 0.5) is 17.8 Å². The molecule has 0 aliphatic carbocycles. The van der Waals surface area contributed by atoms with Crippen LogP contribution in [0.2, 0.25) is 0 Å². The van der Waals surface area contributed by atoms with Crippen molar-refractivity contribution in [1.82, 2.24) is 15.0 Å². The van der Waals surface area contributed by atoms with E-state index in [9.17, 15) is 0 Å². The Labute approximate surface area is 189 Å². The third-order valence-electron chi connectivity index (χ3n) is 4.85. The van der Waals surface area contributed by atoms with Crippen LogP contribution in [0.15, 0.2) is 30.3 Å². The molecule has 0 spiro atoms. The third-order valence-corrected chi connectivity index (χ3v) is 4.85. The topological polar surface area (TPSA) is 128 Å². The molecule has 2 heterocycles. The summed E-state index contributed by atoms with van der Waals surface area (Å²) in [7, 11) is 0. The van der Waals surface area contributed by atoms with E-state index in [1.54, 1.807) is 0 Å². The molecule has 10 heteroatoms. The molecule has 1 unspecified atom stereocenters. The van der Waals surface area contributed by atoms with Gasteiger partial charge in [0.25, 0.3) is 0 Å². The van der Waals surface area contributed by atoms with E-state index in [2.05, 4.69) is 43.0 Å². The lowest BCUT2D eigenvalue weighted by Gasteiger charge is -2.13. The van der Waals surface area contributed by atoms with Crippen molar-refractivity contribution < 1.29 is 14.2 Å². The van der Waals surface area contributed by atoms with Gasteiger partial charge in [-0.15, -0.1) is 0 Å². The summed E-state index contributed by atoms with van der Waals surface area (Å²) in [5.74, 6) is 1.56. The number of nitrogens with zero attached hydrogens (tertiary/aromatic N) is 3. The maximum Gasteiger partial charge on any atom is 0.229 e. The summed E-state index contributed by atoms with van der Waals surface area (Å²) >= 11 is 0. The Bertz CT molecular complexity index is 760. The molecule has 1 aliphatic rings. The Morgan fingerprint density at radius 2 is 1.56 bits per heavy atom. The zero-order valence-electron chi connectivity index (χ0n) is 18.6. The zero-order chi connectivity index (χ0) is 22.3. The van der Waals surface area contributed by atoms with Gasteiger partial charge in [-0.05, 0) is 24.8 Å². The van der Waals surface area contributed by atoms with Crippen LogP contribution in [0.1, 0.15) is 18.4 Å². The molecular formula is C22H35N7O3. The van der Waals surface area contributed by atoms with Gasteiger partial charge in [0.1, 0.15) is 0 Å². The van der Waals surface area contributed by atoms with Gasteiger partial charge in [-0.25, -0.2) is 0 Å². The minimum atomic E-state index is 0.201. The van der Waals surface area contributed by atoms with Gasteiger partial charge in [-0.1, -0.05) is 30.3 Å². The fraction of sp³-hybridized carbons (Fsp3) is 0.591. The smallest absolute Gasteiger partial charge is 0.229 e. The fourth-order valence-corrected chi connectivity index (χ4v) is 3.23. The second kappa shape index (κ2) is 14.5. The Kier molecular flexibility index (Phi) is 10.9. The van der Waals surface area contributed by atoms with E-state index >= 15 is 0 Å². The molecule has 0 radical (unpaired) electrons. The third kappa shape index (κ3) is 9.31. The highest BCUT2D eigenvalue weighted by atomic mass is 16.5. The molecule has 32 heavy (non-hydrogen) atoms. The van der Waals surface area contributed by atoms with E-state index in [-0.39, 0.29) is 6.10 Å². The van der Waals surface area contributed by atoms with Gasteiger partial charge in [0.05, 0.1) is 32.5 Å². The quantitative estimate of drug-likeness (QED) is 0.282. The van der Waals surface area contributed by atoms with Crippen molar-refractivity contribution in [3.63, 3.8) is 0 Å². The van der Waals surface area contributed by atoms with Gasteiger partial charge in [-0.2, -0.15) is 15.0 Å². The van der Waals surface area contributed by atoms with Crippen molar-refractivity contribution in [3.8, 4) is 0 Å². The second-order valence-electron chi connectivity index (χ2n) is 7.42. The van der Waals surface area contributed by atoms with Crippen LogP contribution >= 0.6 is 0 Å². The van der Waals surface area contributed by atoms with Crippen LogP contribution in [0, 0.1) is 0 Å². The standard InChI is InChI=1S/C22H35N7O3/c23-9-13-30-15-16-31-14-11-25-21-27-20(24-10-8-18-5-2-1-3-6-18)28-22(29-21)26-17-19-7-4-12-32-19/h1-3,5-6,19H,4,7-17,23H2,(H3,24,25,26,27,28,29). The lowest BCUT2D eigenvalue weighted by molar-refractivity contribution is 0.0547. The first-order valence-corrected chi connectivity index (χ1v) is 11.3. The van der Waals surface area contributed by atoms with E-state index in [4.69, 9.17) is 19.9 Å². The lowest BCUT2D eigenvalue weighted by Crippen LogP contribution is -2.21. The molecule has 1 aromatic carbocycles. The van der Waals surface area contributed by atoms with Gasteiger partial charge >= 0.3 is 0 Å². The van der Waals surface area contributed by atoms with Gasteiger partial charge in [0.15, 0.2) is 0 Å². The molecule has 5 N–H and O–H groups in total. The molecule has 0 saturated carbocycles. The summed E-state index contributed by atoms with van der Waals surface area (Å²) < 4.78 is 16.5. The van der Waals surface area contributed by atoms with Crippen LogP contribution in [-0.2, 0) is 20.6 Å². The summed E-state index contributed by atoms with van der Waals surface area (Å²) in [6, 6.07) is 10.3. The first kappa shape index (κ1) is 24.1. The van der Waals surface area contributed by atoms with E-state index in [0.29, 0.717) is 63.9 Å². The van der Waals surface area contributed by atoms with Gasteiger partial charge in [0.2, 0.25) is 17.8 Å². The van der Waals surface area contributed by atoms with Crippen molar-refractivity contribution in [2.45, 2.75) is 25.4 Å². The predicted octanol–water partition coefficient (Wildman–Crippen LogP) is 1.52. The second-order valence-corrected chi connectivity index (χ2v) is 7.42. The molecule has 1 atom stereocenters. The van der Waals surface area contributed by atoms with Crippen LogP contribution in [0.5, 0.6) is 0 Å². The average molecular weight is 446 g/mol. The average Bonchev–Trinajstić information content (AvgIpc) is 3.34. The van der Waals surface area contributed by atoms with Gasteiger partial charge in [0, 0.05) is 32.8 Å². The SMILES string of the molecule is NCCOCCOCCNc1nc(NCCc2ccccc2)nc(NCC2CCCO2)n1. The zero-order valence-corrected chi connectivity index (χ0v) is 18.6. The Hall–Kier alpha value is -2.53. The number of rotatable bonds is 16. The van der Waals surface area contributed by atoms with E-state index in [0.717, 1.165) is 32.4 Å². The van der Waals surface area contributed by atoms with Crippen molar-refractivity contribution in [2.75, 3.05) is 75.2 Å². The van der Waals surface area contributed by atoms with Gasteiger partial charge in [-0.3, -0.25) is 0 Å². The maximum absolute atomic E-state index is 5.68. The van der Waals surface area contributed by atoms with Crippen LogP contribution in [0.3, 0.4) is 0 Å². The lowest BCUT2D eigenvalue weighted by atomic mass is 10.1. The van der Waals surface area contributed by atoms with Crippen molar-refractivity contribution in [2.24, 2.45) is 5.73 Å². The number of hydrogen-bond donors (Lipinski definition) is 4. The predicted molar refractivity (Wildman–Crippen MR) is 125 cm³/mol. The van der Waals surface area contributed by atoms with Crippen LogP contribution in [-0.4, -0.2) is 80.3 Å². The van der Waals surface area contributed by atoms with E-state index < -0.39 is 0 Å². The highest BCUT2D eigenvalue weighted by Crippen LogP contribution is 2.14. The molecule has 2 aromatic rings. The summed E-state index contributed by atoms with van der Waals surface area (Å²) in [6.45, 7) is 5.46. The first-order valence-electron chi connectivity index (χ1n) is 11.3. The van der Waals surface area contributed by atoms with Crippen LogP contribution < -0.4 is 21.7 Å². The molecule has 0 bridgehead atoms. The Balaban J connectivity index is 1.48. The maximum atomic E-state index is 5.68. The number of hydrogen-bond acceptors (Lipinski definition) is 10. The molecule has 176 valence electrons. The van der Waals surface area contributed by atoms with Gasteiger partial charge < -0.3 is 35.9 Å². The van der Waals surface area contributed by atoms with Crippen LogP contribution in [0.25, 0.3) is 0 Å². The highest BCUT2D eigenvalue weighted by Gasteiger charge is 2.16. The van der Waals surface area contributed by atoms with Crippen molar-refractivity contribution in [1.29, 1.82) is 0 Å². The normalized spacial score (nSPS) is 15.6. The summed E-state index contributed by atoms with van der Waals surface area (Å²) in [4.78, 5) is 13.5. The van der Waals surface area contributed by atoms with E-state index in [1.165, 1.54) is 5.56 Å². The summed E-state index contributed by atoms with van der Waals surface area (Å²) in [6.07, 6.45) is 3.23. The number of benzene rings is 1. The molecule has 10 nitrogen and oxygen atoms in total.